The molecule has 0 atom stereocenters. The highest BCUT2D eigenvalue weighted by Gasteiger charge is 2.53. The molecule has 102 valence electrons. The van der Waals surface area contributed by atoms with Crippen molar-refractivity contribution in [2.75, 3.05) is 0 Å². The van der Waals surface area contributed by atoms with E-state index in [4.69, 9.17) is 0 Å². The maximum absolute atomic E-state index is 1.64. The van der Waals surface area contributed by atoms with Crippen molar-refractivity contribution in [3.63, 3.8) is 0 Å². The van der Waals surface area contributed by atoms with Gasteiger partial charge in [0.05, 0.1) is 0 Å². The van der Waals surface area contributed by atoms with Gasteiger partial charge in [0.2, 0.25) is 0 Å². The number of hydrogen-bond donors (Lipinski definition) is 0. The molecular formula is C18H30. The predicted octanol–water partition coefficient (Wildman–Crippen LogP) is 5.56. The van der Waals surface area contributed by atoms with E-state index in [1.807, 2.05) is 0 Å². The molecule has 5 fully saturated rings. The summed E-state index contributed by atoms with van der Waals surface area (Å²) in [6.07, 6.45) is 20.6. The summed E-state index contributed by atoms with van der Waals surface area (Å²) in [5.74, 6) is 4.59. The predicted molar refractivity (Wildman–Crippen MR) is 76.4 cm³/mol. The lowest BCUT2D eigenvalue weighted by molar-refractivity contribution is -0.0925. The van der Waals surface area contributed by atoms with Crippen LogP contribution in [0, 0.1) is 29.1 Å². The summed E-state index contributed by atoms with van der Waals surface area (Å²) in [7, 11) is 0. The highest BCUT2D eigenvalue weighted by atomic mass is 14.6. The van der Waals surface area contributed by atoms with Gasteiger partial charge >= 0.3 is 0 Å². The van der Waals surface area contributed by atoms with Gasteiger partial charge in [0.25, 0.3) is 0 Å². The molecule has 0 heterocycles. The first kappa shape index (κ1) is 11.8. The Hall–Kier alpha value is 0. The van der Waals surface area contributed by atoms with Crippen molar-refractivity contribution in [2.24, 2.45) is 29.1 Å². The third-order valence-electron chi connectivity index (χ3n) is 7.06. The van der Waals surface area contributed by atoms with Gasteiger partial charge in [-0.2, -0.15) is 0 Å². The van der Waals surface area contributed by atoms with Gasteiger partial charge in [-0.25, -0.2) is 0 Å². The molecule has 18 heavy (non-hydrogen) atoms. The molecule has 0 aliphatic heterocycles. The Labute approximate surface area is 113 Å². The zero-order valence-corrected chi connectivity index (χ0v) is 12.0. The molecule has 0 radical (unpaired) electrons. The lowest BCUT2D eigenvalue weighted by atomic mass is 9.45. The van der Waals surface area contributed by atoms with Crippen molar-refractivity contribution in [1.82, 2.24) is 0 Å². The zero-order chi connectivity index (χ0) is 12.0. The maximum Gasteiger partial charge on any atom is -0.0261 e. The van der Waals surface area contributed by atoms with E-state index in [1.165, 1.54) is 19.3 Å². The molecule has 0 spiro atoms. The first-order valence-corrected chi connectivity index (χ1v) is 8.84. The van der Waals surface area contributed by atoms with E-state index in [9.17, 15) is 0 Å². The van der Waals surface area contributed by atoms with Gasteiger partial charge in [-0.1, -0.05) is 32.1 Å². The van der Waals surface area contributed by atoms with Crippen molar-refractivity contribution in [3.05, 3.63) is 0 Å². The van der Waals surface area contributed by atoms with Crippen LogP contribution in [0.5, 0.6) is 0 Å². The topological polar surface area (TPSA) is 0 Å². The Morgan fingerprint density at radius 3 is 1.50 bits per heavy atom. The summed E-state index contributed by atoms with van der Waals surface area (Å²) in [5.41, 5.74) is 0.853. The first-order chi connectivity index (χ1) is 8.84. The van der Waals surface area contributed by atoms with E-state index in [2.05, 4.69) is 0 Å². The van der Waals surface area contributed by atoms with Crippen LogP contribution in [0.4, 0.5) is 0 Å². The second-order valence-corrected chi connectivity index (χ2v) is 8.32. The minimum atomic E-state index is 0.853. The van der Waals surface area contributed by atoms with Crippen molar-refractivity contribution in [1.29, 1.82) is 0 Å². The van der Waals surface area contributed by atoms with Crippen molar-refractivity contribution in [3.8, 4) is 0 Å². The van der Waals surface area contributed by atoms with Gasteiger partial charge in [0, 0.05) is 0 Å². The third kappa shape index (κ3) is 1.95. The van der Waals surface area contributed by atoms with Crippen LogP contribution in [-0.4, -0.2) is 0 Å². The molecule has 5 rings (SSSR count). The standard InChI is InChI=1S/C18H30/c1-2-4-6-17(7-5-3-1)18-11-14-8-15(12-18)10-16(9-14)13-18/h14-17H,1-13H2. The molecule has 5 aliphatic carbocycles. The Kier molecular flexibility index (Phi) is 2.97. The fourth-order valence-corrected chi connectivity index (χ4v) is 6.75. The second-order valence-electron chi connectivity index (χ2n) is 8.32. The van der Waals surface area contributed by atoms with Crippen LogP contribution < -0.4 is 0 Å². The Balaban J connectivity index is 1.54. The quantitative estimate of drug-likeness (QED) is 0.568. The van der Waals surface area contributed by atoms with E-state index >= 15 is 0 Å². The minimum absolute atomic E-state index is 0.853. The average Bonchev–Trinajstić information content (AvgIpc) is 2.25. The van der Waals surface area contributed by atoms with Crippen LogP contribution in [0.25, 0.3) is 0 Å². The molecule has 0 aromatic rings. The number of hydrogen-bond acceptors (Lipinski definition) is 0. The van der Waals surface area contributed by atoms with Gasteiger partial charge < -0.3 is 0 Å². The summed E-state index contributed by atoms with van der Waals surface area (Å²) >= 11 is 0. The molecule has 0 aromatic heterocycles. The summed E-state index contributed by atoms with van der Waals surface area (Å²) in [6, 6.07) is 0. The van der Waals surface area contributed by atoms with Crippen molar-refractivity contribution in [2.45, 2.75) is 83.5 Å². The molecule has 5 aliphatic rings. The third-order valence-corrected chi connectivity index (χ3v) is 7.06. The van der Waals surface area contributed by atoms with Crippen LogP contribution in [0.3, 0.4) is 0 Å². The molecule has 0 heteroatoms. The monoisotopic (exact) mass is 246 g/mol. The largest absolute Gasteiger partial charge is 0.0533 e. The van der Waals surface area contributed by atoms with Crippen LogP contribution in [0.2, 0.25) is 0 Å². The fraction of sp³-hybridized carbons (Fsp3) is 1.00. The lowest BCUT2D eigenvalue weighted by Crippen LogP contribution is -2.49. The van der Waals surface area contributed by atoms with E-state index < -0.39 is 0 Å². The molecule has 0 unspecified atom stereocenters. The Morgan fingerprint density at radius 1 is 0.556 bits per heavy atom. The molecule has 5 saturated carbocycles. The normalized spacial score (nSPS) is 49.0. The van der Waals surface area contributed by atoms with E-state index in [-0.39, 0.29) is 0 Å². The molecule has 0 amide bonds. The Morgan fingerprint density at radius 2 is 1.00 bits per heavy atom. The molecule has 0 N–H and O–H groups in total. The summed E-state index contributed by atoms with van der Waals surface area (Å²) in [5, 5.41) is 0. The Bertz CT molecular complexity index is 260. The highest BCUT2D eigenvalue weighted by molar-refractivity contribution is 5.03. The van der Waals surface area contributed by atoms with Gasteiger partial charge in [0.15, 0.2) is 0 Å². The summed E-state index contributed by atoms with van der Waals surface area (Å²) in [6.45, 7) is 0. The lowest BCUT2D eigenvalue weighted by Gasteiger charge is -2.60. The summed E-state index contributed by atoms with van der Waals surface area (Å²) < 4.78 is 0. The molecule has 0 saturated heterocycles. The highest BCUT2D eigenvalue weighted by Crippen LogP contribution is 2.64. The van der Waals surface area contributed by atoms with Gasteiger partial charge in [-0.3, -0.25) is 0 Å². The van der Waals surface area contributed by atoms with E-state index in [1.54, 1.807) is 64.2 Å². The van der Waals surface area contributed by atoms with Gasteiger partial charge in [0.1, 0.15) is 0 Å². The van der Waals surface area contributed by atoms with Crippen molar-refractivity contribution >= 4 is 0 Å². The van der Waals surface area contributed by atoms with Crippen LogP contribution >= 0.6 is 0 Å². The summed E-state index contributed by atoms with van der Waals surface area (Å²) in [4.78, 5) is 0. The fourth-order valence-electron chi connectivity index (χ4n) is 6.75. The zero-order valence-electron chi connectivity index (χ0n) is 12.0. The minimum Gasteiger partial charge on any atom is -0.0533 e. The number of rotatable bonds is 1. The van der Waals surface area contributed by atoms with Gasteiger partial charge in [-0.15, -0.1) is 0 Å². The van der Waals surface area contributed by atoms with Crippen molar-refractivity contribution < 1.29 is 0 Å². The van der Waals surface area contributed by atoms with Crippen LogP contribution in [0.15, 0.2) is 0 Å². The van der Waals surface area contributed by atoms with Crippen LogP contribution in [-0.2, 0) is 0 Å². The van der Waals surface area contributed by atoms with E-state index in [0.29, 0.717) is 0 Å². The van der Waals surface area contributed by atoms with Crippen LogP contribution in [0.1, 0.15) is 83.5 Å². The second kappa shape index (κ2) is 4.53. The SMILES string of the molecule is C1CCCC(C23CC4CC(CC(C4)C2)C3)CCC1. The van der Waals surface area contributed by atoms with Gasteiger partial charge in [-0.05, 0) is 80.5 Å². The molecule has 0 aromatic carbocycles. The first-order valence-electron chi connectivity index (χ1n) is 8.84. The molecule has 4 bridgehead atoms. The van der Waals surface area contributed by atoms with E-state index in [0.717, 1.165) is 29.1 Å². The molecular weight excluding hydrogens is 216 g/mol. The smallest absolute Gasteiger partial charge is 0.0261 e. The maximum atomic E-state index is 1.64. The molecule has 0 nitrogen and oxygen atoms in total. The average molecular weight is 246 g/mol.